The fraction of sp³-hybridized carbons (Fsp3) is 0.192. The lowest BCUT2D eigenvalue weighted by Crippen LogP contribution is -2.48. The van der Waals surface area contributed by atoms with E-state index in [0.29, 0.717) is 38.3 Å². The van der Waals surface area contributed by atoms with Crippen LogP contribution in [0.2, 0.25) is 0 Å². The molecule has 0 saturated carbocycles. The summed E-state index contributed by atoms with van der Waals surface area (Å²) in [5.74, 6) is -0.101. The number of hydrogen-bond acceptors (Lipinski definition) is 3. The molecular formula is C26H24FN3O2. The number of benzene rings is 3. The van der Waals surface area contributed by atoms with Crippen molar-refractivity contribution in [1.29, 1.82) is 0 Å². The second-order valence-corrected chi connectivity index (χ2v) is 8.11. The molecule has 4 aromatic rings. The average molecular weight is 429 g/mol. The van der Waals surface area contributed by atoms with Gasteiger partial charge in [0.05, 0.1) is 11.1 Å². The molecule has 5 rings (SSSR count). The predicted molar refractivity (Wildman–Crippen MR) is 124 cm³/mol. The van der Waals surface area contributed by atoms with Crippen molar-refractivity contribution in [1.82, 2.24) is 9.47 Å². The van der Waals surface area contributed by atoms with Crippen molar-refractivity contribution in [3.05, 3.63) is 95.9 Å². The lowest BCUT2D eigenvalue weighted by molar-refractivity contribution is 0.0748. The van der Waals surface area contributed by atoms with Crippen molar-refractivity contribution in [3.63, 3.8) is 0 Å². The predicted octanol–water partition coefficient (Wildman–Crippen LogP) is 4.50. The molecule has 0 bridgehead atoms. The Morgan fingerprint density at radius 1 is 0.906 bits per heavy atom. The highest BCUT2D eigenvalue weighted by Crippen LogP contribution is 2.26. The molecule has 162 valence electrons. The highest BCUT2D eigenvalue weighted by Gasteiger charge is 2.25. The van der Waals surface area contributed by atoms with E-state index in [1.54, 1.807) is 18.2 Å². The Labute approximate surface area is 185 Å². The van der Waals surface area contributed by atoms with Crippen molar-refractivity contribution >= 4 is 22.5 Å². The second-order valence-electron chi connectivity index (χ2n) is 8.11. The minimum absolute atomic E-state index is 0.0289. The zero-order valence-corrected chi connectivity index (χ0v) is 17.6. The Morgan fingerprint density at radius 3 is 2.34 bits per heavy atom. The molecule has 0 spiro atoms. The van der Waals surface area contributed by atoms with Gasteiger partial charge >= 0.3 is 0 Å². The van der Waals surface area contributed by atoms with Gasteiger partial charge in [-0.25, -0.2) is 4.39 Å². The zero-order valence-electron chi connectivity index (χ0n) is 17.6. The van der Waals surface area contributed by atoms with Crippen LogP contribution in [0.3, 0.4) is 0 Å². The average Bonchev–Trinajstić information content (AvgIpc) is 3.17. The summed E-state index contributed by atoms with van der Waals surface area (Å²) in [4.78, 5) is 17.5. The van der Waals surface area contributed by atoms with Gasteiger partial charge in [0.2, 0.25) is 0 Å². The Morgan fingerprint density at radius 2 is 1.62 bits per heavy atom. The normalized spacial score (nSPS) is 14.2. The fourth-order valence-electron chi connectivity index (χ4n) is 4.35. The fourth-order valence-corrected chi connectivity index (χ4v) is 4.35. The van der Waals surface area contributed by atoms with Crippen molar-refractivity contribution in [2.45, 2.75) is 6.54 Å². The standard InChI is InChI=1S/C26H24FN3O2/c27-20-6-11-23-24(18-30(25(23)16-20)17-19-4-2-1-3-5-19)26(32)29-14-12-28(13-15-29)21-7-9-22(31)10-8-21/h1-11,16,18,31H,12-15,17H2. The summed E-state index contributed by atoms with van der Waals surface area (Å²) in [6, 6.07) is 21.7. The maximum absolute atomic E-state index is 14.0. The van der Waals surface area contributed by atoms with Gasteiger partial charge in [0.25, 0.3) is 5.91 Å². The third-order valence-electron chi connectivity index (χ3n) is 6.05. The van der Waals surface area contributed by atoms with E-state index in [-0.39, 0.29) is 17.5 Å². The molecule has 1 aliphatic heterocycles. The minimum Gasteiger partial charge on any atom is -0.508 e. The Kier molecular flexibility index (Phi) is 5.27. The number of rotatable bonds is 4. The number of nitrogens with zero attached hydrogens (tertiary/aromatic N) is 3. The summed E-state index contributed by atoms with van der Waals surface area (Å²) in [7, 11) is 0. The number of fused-ring (bicyclic) bond motifs is 1. The summed E-state index contributed by atoms with van der Waals surface area (Å²) in [5, 5.41) is 10.3. The Balaban J connectivity index is 1.38. The van der Waals surface area contributed by atoms with Crippen LogP contribution in [0.5, 0.6) is 5.75 Å². The van der Waals surface area contributed by atoms with Crippen molar-refractivity contribution in [2.75, 3.05) is 31.1 Å². The summed E-state index contributed by atoms with van der Waals surface area (Å²) in [6.45, 7) is 3.21. The first kappa shape index (κ1) is 20.1. The van der Waals surface area contributed by atoms with Gasteiger partial charge in [0.1, 0.15) is 11.6 Å². The van der Waals surface area contributed by atoms with Crippen LogP contribution in [-0.4, -0.2) is 46.7 Å². The van der Waals surface area contributed by atoms with Crippen LogP contribution in [-0.2, 0) is 6.54 Å². The zero-order chi connectivity index (χ0) is 22.1. The van der Waals surface area contributed by atoms with Crippen LogP contribution in [0, 0.1) is 5.82 Å². The summed E-state index contributed by atoms with van der Waals surface area (Å²) < 4.78 is 16.0. The minimum atomic E-state index is -0.313. The molecule has 1 aromatic heterocycles. The topological polar surface area (TPSA) is 48.7 Å². The first-order valence-corrected chi connectivity index (χ1v) is 10.7. The van der Waals surface area contributed by atoms with Crippen LogP contribution in [0.1, 0.15) is 15.9 Å². The van der Waals surface area contributed by atoms with Gasteiger partial charge in [-0.05, 0) is 48.0 Å². The molecule has 0 aliphatic carbocycles. The highest BCUT2D eigenvalue weighted by atomic mass is 19.1. The number of carbonyl (C=O) groups excluding carboxylic acids is 1. The van der Waals surface area contributed by atoms with E-state index < -0.39 is 0 Å². The molecule has 32 heavy (non-hydrogen) atoms. The van der Waals surface area contributed by atoms with E-state index in [4.69, 9.17) is 0 Å². The number of aromatic hydroxyl groups is 1. The van der Waals surface area contributed by atoms with Gasteiger partial charge in [0.15, 0.2) is 0 Å². The van der Waals surface area contributed by atoms with E-state index >= 15 is 0 Å². The number of hydrogen-bond donors (Lipinski definition) is 1. The quantitative estimate of drug-likeness (QED) is 0.520. The Hall–Kier alpha value is -3.80. The SMILES string of the molecule is O=C(c1cn(Cc2ccccc2)c2cc(F)ccc12)N1CCN(c2ccc(O)cc2)CC1. The summed E-state index contributed by atoms with van der Waals surface area (Å²) >= 11 is 0. The number of carbonyl (C=O) groups is 1. The van der Waals surface area contributed by atoms with Gasteiger partial charge in [-0.2, -0.15) is 0 Å². The molecule has 1 aliphatic rings. The van der Waals surface area contributed by atoms with Crippen LogP contribution in [0.25, 0.3) is 10.9 Å². The molecule has 2 heterocycles. The van der Waals surface area contributed by atoms with Crippen LogP contribution >= 0.6 is 0 Å². The van der Waals surface area contributed by atoms with Gasteiger partial charge in [-0.15, -0.1) is 0 Å². The molecule has 1 saturated heterocycles. The maximum Gasteiger partial charge on any atom is 0.256 e. The number of halogens is 1. The molecule has 0 atom stereocenters. The van der Waals surface area contributed by atoms with E-state index in [9.17, 15) is 14.3 Å². The van der Waals surface area contributed by atoms with E-state index in [2.05, 4.69) is 4.90 Å². The number of amides is 1. The first-order valence-electron chi connectivity index (χ1n) is 10.7. The lowest BCUT2D eigenvalue weighted by atomic mass is 10.1. The number of phenols is 1. The van der Waals surface area contributed by atoms with Gasteiger partial charge in [-0.1, -0.05) is 30.3 Å². The van der Waals surface area contributed by atoms with E-state index in [0.717, 1.165) is 22.2 Å². The molecule has 6 heteroatoms. The number of piperazine rings is 1. The van der Waals surface area contributed by atoms with Gasteiger partial charge in [-0.3, -0.25) is 4.79 Å². The second kappa shape index (κ2) is 8.38. The van der Waals surface area contributed by atoms with Gasteiger partial charge < -0.3 is 19.5 Å². The monoisotopic (exact) mass is 429 g/mol. The number of phenolic OH excluding ortho intramolecular Hbond substituents is 1. The van der Waals surface area contributed by atoms with Crippen molar-refractivity contribution in [3.8, 4) is 5.75 Å². The van der Waals surface area contributed by atoms with Gasteiger partial charge in [0, 0.05) is 50.0 Å². The summed E-state index contributed by atoms with van der Waals surface area (Å²) in [6.07, 6.45) is 1.85. The first-order chi connectivity index (χ1) is 15.6. The van der Waals surface area contributed by atoms with E-state index in [1.807, 2.05) is 58.1 Å². The third-order valence-corrected chi connectivity index (χ3v) is 6.05. The molecule has 1 N–H and O–H groups in total. The molecule has 5 nitrogen and oxygen atoms in total. The smallest absolute Gasteiger partial charge is 0.256 e. The maximum atomic E-state index is 14.0. The largest absolute Gasteiger partial charge is 0.508 e. The van der Waals surface area contributed by atoms with Crippen LogP contribution < -0.4 is 4.90 Å². The highest BCUT2D eigenvalue weighted by molar-refractivity contribution is 6.07. The molecule has 0 radical (unpaired) electrons. The Bertz CT molecular complexity index is 1240. The van der Waals surface area contributed by atoms with Crippen LogP contribution in [0.15, 0.2) is 79.0 Å². The summed E-state index contributed by atoms with van der Waals surface area (Å²) in [5.41, 5.74) is 3.45. The lowest BCUT2D eigenvalue weighted by Gasteiger charge is -2.36. The molecule has 0 unspecified atom stereocenters. The van der Waals surface area contributed by atoms with Crippen molar-refractivity contribution in [2.24, 2.45) is 0 Å². The molecule has 1 fully saturated rings. The number of anilines is 1. The number of aromatic nitrogens is 1. The third kappa shape index (κ3) is 3.91. The molecule has 3 aromatic carbocycles. The van der Waals surface area contributed by atoms with Crippen molar-refractivity contribution < 1.29 is 14.3 Å². The van der Waals surface area contributed by atoms with Crippen LogP contribution in [0.4, 0.5) is 10.1 Å². The molecular weight excluding hydrogens is 405 g/mol. The van der Waals surface area contributed by atoms with E-state index in [1.165, 1.54) is 12.1 Å². The molecule has 1 amide bonds.